The van der Waals surface area contributed by atoms with Crippen LogP contribution in [0.1, 0.15) is 39.5 Å². The minimum atomic E-state index is -1.11. The van der Waals surface area contributed by atoms with Gasteiger partial charge in [0.05, 0.1) is 0 Å². The van der Waals surface area contributed by atoms with E-state index in [0.29, 0.717) is 0 Å². The van der Waals surface area contributed by atoms with Crippen LogP contribution < -0.4 is 51.4 Å². The molecule has 0 fully saturated rings. The minimum absolute atomic E-state index is 0. The van der Waals surface area contributed by atoms with Crippen LogP contribution in [0.25, 0.3) is 23.2 Å². The zero-order chi connectivity index (χ0) is 43.4. The molecular formula is C36H104Ce2KN5O2Si10. The van der Waals surface area contributed by atoms with E-state index >= 15 is 0 Å². The van der Waals surface area contributed by atoms with Crippen molar-refractivity contribution in [1.82, 2.24) is 0 Å². The van der Waals surface area contributed by atoms with E-state index in [1.165, 1.54) is 25.7 Å². The maximum atomic E-state index is 4.82. The third-order valence-corrected chi connectivity index (χ3v) is 31.1. The summed E-state index contributed by atoms with van der Waals surface area (Å²) < 4.78 is 24.1. The number of rotatable bonds is 13. The van der Waals surface area contributed by atoms with Crippen molar-refractivity contribution in [2.45, 2.75) is 236 Å². The SMILES string of the molecule is CCCCCC.C[Si](C)(C)[N-][Si](C)(C)C.C[Si](C)(C)[N-][Si](C)(C)C.C[Si](C)(C)[N-][Si](C)(C)C.C[Si](C)(C)[N-][Si](C)(C)C.C[Si](C)(C)[N-][Si](C)(C)C.[Ce+4].[Ce+4].[K+].[O-2].[O-2]. The van der Waals surface area contributed by atoms with E-state index in [0.717, 1.165) is 0 Å². The van der Waals surface area contributed by atoms with Gasteiger partial charge < -0.3 is 34.2 Å². The van der Waals surface area contributed by atoms with Crippen molar-refractivity contribution < 1.29 is 146 Å². The first kappa shape index (κ1) is 88.9. The maximum absolute atomic E-state index is 4.82. The molecule has 0 atom stereocenters. The summed E-state index contributed by atoms with van der Waals surface area (Å²) in [6.07, 6.45) is 5.54. The molecule has 0 saturated heterocycles. The molecule has 0 unspecified atom stereocenters. The van der Waals surface area contributed by atoms with Crippen LogP contribution in [0.5, 0.6) is 0 Å². The van der Waals surface area contributed by atoms with Gasteiger partial charge in [0.1, 0.15) is 0 Å². The van der Waals surface area contributed by atoms with Crippen LogP contribution in [0.3, 0.4) is 0 Å². The van der Waals surface area contributed by atoms with Crippen LogP contribution >= 0.6 is 0 Å². The average Bonchev–Trinajstić information content (AvgIpc) is 2.60. The first-order valence-corrected chi connectivity index (χ1v) is 54.6. The summed E-state index contributed by atoms with van der Waals surface area (Å²) in [5.74, 6) is 0. The van der Waals surface area contributed by atoms with Gasteiger partial charge in [0.2, 0.25) is 0 Å². The van der Waals surface area contributed by atoms with Gasteiger partial charge in [-0.1, -0.05) is 318 Å². The third-order valence-electron chi connectivity index (χ3n) is 4.31. The predicted octanol–water partition coefficient (Wildman–Crippen LogP) is 14.5. The van der Waals surface area contributed by atoms with Crippen LogP contribution in [0.4, 0.5) is 0 Å². The van der Waals surface area contributed by atoms with Crippen LogP contribution in [0.2, 0.25) is 196 Å². The monoisotopic (exact) mass is 1240 g/mol. The third kappa shape index (κ3) is 137. The molecule has 0 aliphatic carbocycles. The predicted molar refractivity (Wildman–Crippen MR) is 281 cm³/mol. The molecular weight excluding hydrogens is 1130 g/mol. The van der Waals surface area contributed by atoms with Crippen LogP contribution in [-0.2, 0) is 11.0 Å². The Kier molecular flexibility index (Phi) is 62.4. The van der Waals surface area contributed by atoms with E-state index in [1.54, 1.807) is 0 Å². The van der Waals surface area contributed by atoms with Gasteiger partial charge in [-0.3, -0.25) is 0 Å². The second-order valence-corrected chi connectivity index (χ2v) is 71.9. The molecule has 0 N–H and O–H groups in total. The van der Waals surface area contributed by atoms with Crippen molar-refractivity contribution in [2.75, 3.05) is 0 Å². The van der Waals surface area contributed by atoms with Crippen molar-refractivity contribution in [3.8, 4) is 0 Å². The summed E-state index contributed by atoms with van der Waals surface area (Å²) in [6, 6.07) is 0. The normalized spacial score (nSPS) is 12.2. The molecule has 0 rings (SSSR count). The molecule has 0 spiro atoms. The van der Waals surface area contributed by atoms with E-state index < -0.39 is 82.4 Å². The van der Waals surface area contributed by atoms with Gasteiger partial charge in [-0.2, -0.15) is 0 Å². The summed E-state index contributed by atoms with van der Waals surface area (Å²) in [5, 5.41) is 0. The fourth-order valence-electron chi connectivity index (χ4n) is 5.53. The zero-order valence-corrected chi connectivity index (χ0v) is 64.3. The quantitative estimate of drug-likeness (QED) is 0.129. The molecule has 0 saturated carbocycles. The first-order chi connectivity index (χ1) is 21.4. The standard InChI is InChI=1S/5C6H18NSi2.C6H14.2Ce.K.2O/c5*1-8(2,3)7-9(4,5)6;1-3-5-6-4-2;;;;;/h5*1-6H3;3-6H2,1-2H3;;;;;/q5*-1;;2*+4;+1;2*-2. The summed E-state index contributed by atoms with van der Waals surface area (Å²) in [6.45, 7) is 73.4. The summed E-state index contributed by atoms with van der Waals surface area (Å²) in [7, 11) is -11.1. The van der Waals surface area contributed by atoms with Crippen molar-refractivity contribution in [3.63, 3.8) is 0 Å². The number of hydrogen-bond acceptors (Lipinski definition) is 0. The van der Waals surface area contributed by atoms with Gasteiger partial charge in [0, 0.05) is 0 Å². The number of hydrogen-bond donors (Lipinski definition) is 0. The Morgan fingerprint density at radius 3 is 0.321 bits per heavy atom. The molecule has 7 nitrogen and oxygen atoms in total. The van der Waals surface area contributed by atoms with Gasteiger partial charge in [-0.25, -0.2) is 0 Å². The zero-order valence-electron chi connectivity index (χ0n) is 44.9. The van der Waals surface area contributed by atoms with Crippen LogP contribution in [0.15, 0.2) is 0 Å². The van der Waals surface area contributed by atoms with E-state index in [2.05, 4.69) is 210 Å². The van der Waals surface area contributed by atoms with Gasteiger partial charge in [-0.05, 0) is 0 Å². The van der Waals surface area contributed by atoms with Crippen LogP contribution in [-0.4, -0.2) is 82.4 Å². The second-order valence-electron chi connectivity index (χ2n) is 24.0. The molecule has 0 aliphatic rings. The smallest absolute Gasteiger partial charge is 2.00 e. The maximum Gasteiger partial charge on any atom is 4.00 e. The Labute approximate surface area is 479 Å². The van der Waals surface area contributed by atoms with E-state index in [-0.39, 0.29) is 146 Å². The average molecular weight is 1240 g/mol. The molecule has 0 amide bonds. The Hall–Kier alpha value is 6.28. The topological polar surface area (TPSA) is 128 Å². The molecule has 0 aromatic heterocycles. The second kappa shape index (κ2) is 39.3. The summed E-state index contributed by atoms with van der Waals surface area (Å²) in [4.78, 5) is 0. The molecule has 56 heavy (non-hydrogen) atoms. The molecule has 0 radical (unpaired) electrons. The fraction of sp³-hybridized carbons (Fsp3) is 1.00. The molecule has 20 heteroatoms. The van der Waals surface area contributed by atoms with Gasteiger partial charge in [0.25, 0.3) is 0 Å². The summed E-state index contributed by atoms with van der Waals surface area (Å²) in [5.41, 5.74) is 0. The largest absolute Gasteiger partial charge is 4.00 e. The van der Waals surface area contributed by atoms with Crippen molar-refractivity contribution in [1.29, 1.82) is 0 Å². The number of nitrogens with zero attached hydrogens (tertiary/aromatic N) is 5. The molecule has 0 heterocycles. The van der Waals surface area contributed by atoms with E-state index in [9.17, 15) is 0 Å². The van der Waals surface area contributed by atoms with Crippen LogP contribution in [0, 0.1) is 83.5 Å². The Balaban J connectivity index is -0.0000000476. The molecule has 0 bridgehead atoms. The summed E-state index contributed by atoms with van der Waals surface area (Å²) >= 11 is 0. The fourth-order valence-corrected chi connectivity index (χ4v) is 45.8. The van der Waals surface area contributed by atoms with E-state index in [4.69, 9.17) is 23.2 Å². The minimum Gasteiger partial charge on any atom is -2.00 e. The molecule has 0 aromatic carbocycles. The molecule has 334 valence electrons. The van der Waals surface area contributed by atoms with Gasteiger partial charge in [0.15, 0.2) is 0 Å². The Morgan fingerprint density at radius 1 is 0.232 bits per heavy atom. The van der Waals surface area contributed by atoms with Gasteiger partial charge >= 0.3 is 135 Å². The van der Waals surface area contributed by atoms with Crippen molar-refractivity contribution in [2.24, 2.45) is 0 Å². The number of unbranched alkanes of at least 4 members (excludes halogenated alkanes) is 3. The Morgan fingerprint density at radius 2 is 0.304 bits per heavy atom. The Bertz CT molecular complexity index is 623. The van der Waals surface area contributed by atoms with Crippen molar-refractivity contribution in [3.05, 3.63) is 23.2 Å². The molecule has 0 aromatic rings. The van der Waals surface area contributed by atoms with E-state index in [1.807, 2.05) is 0 Å². The molecule has 0 aliphatic heterocycles. The van der Waals surface area contributed by atoms with Gasteiger partial charge in [-0.15, -0.1) is 0 Å². The first-order valence-electron chi connectivity index (χ1n) is 20.2. The van der Waals surface area contributed by atoms with Crippen molar-refractivity contribution >= 4 is 82.4 Å².